The van der Waals surface area contributed by atoms with Crippen LogP contribution in [-0.4, -0.2) is 4.57 Å². The summed E-state index contributed by atoms with van der Waals surface area (Å²) in [7, 11) is 0. The zero-order chi connectivity index (χ0) is 30.2. The molecule has 1 aromatic heterocycles. The van der Waals surface area contributed by atoms with E-state index in [4.69, 9.17) is 0 Å². The molecular weight excluding hydrogens is 575 g/mol. The molecule has 8 aromatic carbocycles. The van der Waals surface area contributed by atoms with Crippen LogP contribution < -0.4 is 0 Å². The molecule has 9 aromatic rings. The van der Waals surface area contributed by atoms with E-state index in [-0.39, 0.29) is 0 Å². The predicted octanol–water partition coefficient (Wildman–Crippen LogP) is 12.6. The van der Waals surface area contributed by atoms with E-state index in [0.29, 0.717) is 0 Å². The summed E-state index contributed by atoms with van der Waals surface area (Å²) < 4.78 is 2.42. The van der Waals surface area contributed by atoms with Crippen molar-refractivity contribution in [1.82, 2.24) is 4.57 Å². The lowest BCUT2D eigenvalue weighted by atomic mass is 9.91. The molecule has 1 nitrogen and oxygen atoms in total. The molecule has 0 unspecified atom stereocenters. The molecule has 2 heterocycles. The molecule has 0 bridgehead atoms. The van der Waals surface area contributed by atoms with Gasteiger partial charge in [-0.3, -0.25) is 0 Å². The van der Waals surface area contributed by atoms with Gasteiger partial charge in [0.1, 0.15) is 0 Å². The van der Waals surface area contributed by atoms with Crippen LogP contribution in [0.15, 0.2) is 174 Å². The first-order valence-electron chi connectivity index (χ1n) is 15.8. The van der Waals surface area contributed by atoms with Gasteiger partial charge in [0.2, 0.25) is 0 Å². The van der Waals surface area contributed by atoms with E-state index in [1.165, 1.54) is 92.2 Å². The van der Waals surface area contributed by atoms with Crippen LogP contribution in [0.3, 0.4) is 0 Å². The number of hydrogen-bond acceptors (Lipinski definition) is 1. The molecule has 1 aliphatic heterocycles. The van der Waals surface area contributed by atoms with Crippen molar-refractivity contribution in [2.45, 2.75) is 9.79 Å². The molecule has 46 heavy (non-hydrogen) atoms. The largest absolute Gasteiger partial charge is 0.309 e. The van der Waals surface area contributed by atoms with Gasteiger partial charge in [0.25, 0.3) is 0 Å². The van der Waals surface area contributed by atoms with Crippen LogP contribution in [0.1, 0.15) is 0 Å². The van der Waals surface area contributed by atoms with Crippen molar-refractivity contribution in [2.75, 3.05) is 0 Å². The molecule has 0 saturated carbocycles. The number of hydrogen-bond donors (Lipinski definition) is 0. The first-order valence-corrected chi connectivity index (χ1v) is 16.6. The Morgan fingerprint density at radius 1 is 0.370 bits per heavy atom. The summed E-state index contributed by atoms with van der Waals surface area (Å²) in [6.45, 7) is 0. The molecule has 10 rings (SSSR count). The second-order valence-electron chi connectivity index (χ2n) is 12.1. The zero-order valence-electron chi connectivity index (χ0n) is 24.9. The van der Waals surface area contributed by atoms with Crippen LogP contribution in [-0.2, 0) is 0 Å². The van der Waals surface area contributed by atoms with Gasteiger partial charge >= 0.3 is 0 Å². The molecular formula is C44H27NS. The lowest BCUT2D eigenvalue weighted by molar-refractivity contribution is 1.18. The lowest BCUT2D eigenvalue weighted by Crippen LogP contribution is -1.94. The molecule has 0 spiro atoms. The van der Waals surface area contributed by atoms with Gasteiger partial charge in [-0.25, -0.2) is 0 Å². The number of fused-ring (bicyclic) bond motifs is 7. The summed E-state index contributed by atoms with van der Waals surface area (Å²) in [5.41, 5.74) is 11.2. The molecule has 0 radical (unpaired) electrons. The van der Waals surface area contributed by atoms with E-state index < -0.39 is 0 Å². The number of rotatable bonds is 3. The molecule has 214 valence electrons. The summed E-state index contributed by atoms with van der Waals surface area (Å²) in [6.07, 6.45) is 0. The molecule has 2 heteroatoms. The first-order chi connectivity index (χ1) is 22.8. The second-order valence-corrected chi connectivity index (χ2v) is 13.2. The van der Waals surface area contributed by atoms with Crippen molar-refractivity contribution in [2.24, 2.45) is 0 Å². The zero-order valence-corrected chi connectivity index (χ0v) is 25.8. The average molecular weight is 602 g/mol. The van der Waals surface area contributed by atoms with Crippen LogP contribution in [0.4, 0.5) is 0 Å². The van der Waals surface area contributed by atoms with E-state index in [1.54, 1.807) is 0 Å². The number of aromatic nitrogens is 1. The topological polar surface area (TPSA) is 4.93 Å². The average Bonchev–Trinajstić information content (AvgIpc) is 3.46. The summed E-state index contributed by atoms with van der Waals surface area (Å²) in [5, 5.41) is 7.80. The Bertz CT molecular complexity index is 2660. The fourth-order valence-electron chi connectivity index (χ4n) is 7.53. The SMILES string of the molecule is c1ccc(-n2c3ccccc3c3c4ccccc4c(-c4cccc(-c5ccc6c(c5)-c5cccc7cccc(c57)S6)c4)cc32)cc1. The third-order valence-electron chi connectivity index (χ3n) is 9.56. The van der Waals surface area contributed by atoms with E-state index in [1.807, 2.05) is 11.8 Å². The Balaban J connectivity index is 1.19. The van der Waals surface area contributed by atoms with Gasteiger partial charge in [-0.2, -0.15) is 0 Å². The molecule has 0 amide bonds. The molecule has 0 aliphatic carbocycles. The molecule has 0 fully saturated rings. The number of para-hydroxylation sites is 2. The van der Waals surface area contributed by atoms with Crippen LogP contribution in [0.25, 0.3) is 82.4 Å². The van der Waals surface area contributed by atoms with Crippen molar-refractivity contribution < 1.29 is 0 Å². The Hall–Kier alpha value is -5.57. The van der Waals surface area contributed by atoms with Crippen molar-refractivity contribution in [3.63, 3.8) is 0 Å². The summed E-state index contributed by atoms with van der Waals surface area (Å²) in [5.74, 6) is 0. The highest BCUT2D eigenvalue weighted by Gasteiger charge is 2.21. The normalized spacial score (nSPS) is 12.3. The Morgan fingerprint density at radius 3 is 1.98 bits per heavy atom. The van der Waals surface area contributed by atoms with Crippen molar-refractivity contribution in [3.05, 3.63) is 164 Å². The summed E-state index contributed by atoms with van der Waals surface area (Å²) in [6, 6.07) is 60.2. The number of nitrogens with zero attached hydrogens (tertiary/aromatic N) is 1. The summed E-state index contributed by atoms with van der Waals surface area (Å²) in [4.78, 5) is 2.65. The Labute approximate surface area is 271 Å². The van der Waals surface area contributed by atoms with Crippen LogP contribution in [0.2, 0.25) is 0 Å². The minimum Gasteiger partial charge on any atom is -0.309 e. The minimum atomic E-state index is 1.17. The highest BCUT2D eigenvalue weighted by molar-refractivity contribution is 7.99. The van der Waals surface area contributed by atoms with Gasteiger partial charge in [0.15, 0.2) is 0 Å². The van der Waals surface area contributed by atoms with Crippen molar-refractivity contribution in [3.8, 4) is 39.1 Å². The van der Waals surface area contributed by atoms with Crippen LogP contribution in [0.5, 0.6) is 0 Å². The molecule has 0 atom stereocenters. The summed E-state index contributed by atoms with van der Waals surface area (Å²) >= 11 is 1.88. The first kappa shape index (κ1) is 25.7. The van der Waals surface area contributed by atoms with Gasteiger partial charge in [-0.15, -0.1) is 0 Å². The maximum Gasteiger partial charge on any atom is 0.0553 e. The minimum absolute atomic E-state index is 1.17. The van der Waals surface area contributed by atoms with Gasteiger partial charge in [-0.1, -0.05) is 127 Å². The van der Waals surface area contributed by atoms with Gasteiger partial charge in [0, 0.05) is 31.6 Å². The van der Waals surface area contributed by atoms with Gasteiger partial charge in [-0.05, 0) is 98.1 Å². The maximum atomic E-state index is 2.42. The maximum absolute atomic E-state index is 2.42. The Morgan fingerprint density at radius 2 is 1.09 bits per heavy atom. The third-order valence-corrected chi connectivity index (χ3v) is 10.7. The van der Waals surface area contributed by atoms with E-state index >= 15 is 0 Å². The highest BCUT2D eigenvalue weighted by atomic mass is 32.2. The van der Waals surface area contributed by atoms with E-state index in [0.717, 1.165) is 0 Å². The second kappa shape index (κ2) is 9.97. The van der Waals surface area contributed by atoms with Crippen LogP contribution in [0, 0.1) is 0 Å². The fourth-order valence-corrected chi connectivity index (χ4v) is 8.66. The molecule has 1 aliphatic rings. The van der Waals surface area contributed by atoms with Crippen LogP contribution >= 0.6 is 11.8 Å². The number of benzene rings is 8. The monoisotopic (exact) mass is 601 g/mol. The predicted molar refractivity (Wildman–Crippen MR) is 196 cm³/mol. The van der Waals surface area contributed by atoms with Gasteiger partial charge in [0.05, 0.1) is 11.0 Å². The van der Waals surface area contributed by atoms with E-state index in [2.05, 4.69) is 168 Å². The smallest absolute Gasteiger partial charge is 0.0553 e. The third kappa shape index (κ3) is 3.77. The molecule has 0 N–H and O–H groups in total. The van der Waals surface area contributed by atoms with E-state index in [9.17, 15) is 0 Å². The van der Waals surface area contributed by atoms with Gasteiger partial charge < -0.3 is 4.57 Å². The quantitative estimate of drug-likeness (QED) is 0.195. The lowest BCUT2D eigenvalue weighted by Gasteiger charge is -2.21. The standard InChI is InChI=1S/C44H27NS/c1-2-15-32(16-3-1)45-39-21-7-6-19-36(39)44-34-18-5-4-17-33(34)37(27-40(44)45)31-14-8-13-29(25-31)30-23-24-41-38(26-30)35-20-9-11-28-12-10-22-42(46-41)43(28)35/h1-27H. The van der Waals surface area contributed by atoms with Crippen molar-refractivity contribution in [1.29, 1.82) is 0 Å². The fraction of sp³-hybridized carbons (Fsp3) is 0. The van der Waals surface area contributed by atoms with Crippen molar-refractivity contribution >= 4 is 55.1 Å². The Kier molecular flexibility index (Phi) is 5.58. The molecule has 0 saturated heterocycles. The highest BCUT2D eigenvalue weighted by Crippen LogP contribution is 2.49.